The van der Waals surface area contributed by atoms with Gasteiger partial charge in [0.25, 0.3) is 0 Å². The average molecular weight is 263 g/mol. The maximum Gasteiger partial charge on any atom is 0.239 e. The van der Waals surface area contributed by atoms with Crippen LogP contribution < -0.4 is 16.0 Å². The quantitative estimate of drug-likeness (QED) is 0.746. The van der Waals surface area contributed by atoms with Crippen molar-refractivity contribution in [3.05, 3.63) is 30.3 Å². The van der Waals surface area contributed by atoms with Crippen LogP contribution in [0.15, 0.2) is 30.3 Å². The van der Waals surface area contributed by atoms with Crippen molar-refractivity contribution in [3.63, 3.8) is 0 Å². The summed E-state index contributed by atoms with van der Waals surface area (Å²) in [5, 5.41) is 8.31. The minimum atomic E-state index is -0.288. The minimum Gasteiger partial charge on any atom is -0.376 e. The van der Waals surface area contributed by atoms with Crippen LogP contribution in [0.25, 0.3) is 0 Å². The van der Waals surface area contributed by atoms with E-state index < -0.39 is 0 Å². The van der Waals surface area contributed by atoms with Crippen LogP contribution in [0.5, 0.6) is 0 Å². The molecule has 5 heteroatoms. The molecule has 0 radical (unpaired) electrons. The molecule has 1 rings (SSSR count). The molecule has 1 aromatic carbocycles. The van der Waals surface area contributed by atoms with Gasteiger partial charge in [-0.25, -0.2) is 0 Å². The van der Waals surface area contributed by atoms with E-state index in [0.29, 0.717) is 0 Å². The number of nitrogens with one attached hydrogen (secondary N) is 3. The summed E-state index contributed by atoms with van der Waals surface area (Å²) >= 11 is 0. The van der Waals surface area contributed by atoms with Gasteiger partial charge in [-0.2, -0.15) is 0 Å². The van der Waals surface area contributed by atoms with Gasteiger partial charge < -0.3 is 16.0 Å². The minimum absolute atomic E-state index is 0.00737. The van der Waals surface area contributed by atoms with Gasteiger partial charge in [0.1, 0.15) is 0 Å². The highest BCUT2D eigenvalue weighted by atomic mass is 16.2. The third-order valence-corrected chi connectivity index (χ3v) is 2.19. The van der Waals surface area contributed by atoms with Gasteiger partial charge in [-0.1, -0.05) is 18.2 Å². The molecule has 0 bridgehead atoms. The lowest BCUT2D eigenvalue weighted by Crippen LogP contribution is -2.46. The summed E-state index contributed by atoms with van der Waals surface area (Å²) in [4.78, 5) is 23.0. The van der Waals surface area contributed by atoms with E-state index in [1.807, 2.05) is 51.1 Å². The Morgan fingerprint density at radius 2 is 1.63 bits per heavy atom. The Morgan fingerprint density at radius 3 is 2.21 bits per heavy atom. The van der Waals surface area contributed by atoms with Crippen molar-refractivity contribution in [3.8, 4) is 0 Å². The first-order chi connectivity index (χ1) is 8.87. The van der Waals surface area contributed by atoms with E-state index in [1.54, 1.807) is 0 Å². The number of anilines is 1. The zero-order valence-corrected chi connectivity index (χ0v) is 11.6. The summed E-state index contributed by atoms with van der Waals surface area (Å²) < 4.78 is 0. The fourth-order valence-corrected chi connectivity index (χ4v) is 1.44. The summed E-state index contributed by atoms with van der Waals surface area (Å²) in [7, 11) is 0. The molecule has 0 unspecified atom stereocenters. The number of amides is 2. The van der Waals surface area contributed by atoms with Crippen LogP contribution in [0, 0.1) is 0 Å². The van der Waals surface area contributed by atoms with Gasteiger partial charge in [0.15, 0.2) is 0 Å². The molecule has 104 valence electrons. The van der Waals surface area contributed by atoms with Crippen LogP contribution in [-0.2, 0) is 9.59 Å². The van der Waals surface area contributed by atoms with E-state index in [0.717, 1.165) is 5.69 Å². The molecule has 0 saturated heterocycles. The Bertz CT molecular complexity index is 424. The second-order valence-electron chi connectivity index (χ2n) is 5.29. The second kappa shape index (κ2) is 6.78. The van der Waals surface area contributed by atoms with Gasteiger partial charge in [0.05, 0.1) is 13.1 Å². The lowest BCUT2D eigenvalue weighted by Gasteiger charge is -2.20. The summed E-state index contributed by atoms with van der Waals surface area (Å²) in [6.45, 7) is 5.82. The van der Waals surface area contributed by atoms with Crippen LogP contribution in [0.1, 0.15) is 20.8 Å². The van der Waals surface area contributed by atoms with Gasteiger partial charge in [0.2, 0.25) is 11.8 Å². The summed E-state index contributed by atoms with van der Waals surface area (Å²) in [6, 6.07) is 9.43. The molecule has 2 amide bonds. The highest BCUT2D eigenvalue weighted by Crippen LogP contribution is 2.03. The van der Waals surface area contributed by atoms with E-state index in [-0.39, 0.29) is 30.4 Å². The maximum absolute atomic E-state index is 11.5. The lowest BCUT2D eigenvalue weighted by atomic mass is 10.1. The SMILES string of the molecule is CC(C)(C)NC(=O)CNC(=O)CNc1ccccc1. The summed E-state index contributed by atoms with van der Waals surface area (Å²) in [5.41, 5.74) is 0.584. The summed E-state index contributed by atoms with van der Waals surface area (Å²) in [6.07, 6.45) is 0. The normalized spacial score (nSPS) is 10.7. The van der Waals surface area contributed by atoms with Gasteiger partial charge in [-0.3, -0.25) is 9.59 Å². The van der Waals surface area contributed by atoms with E-state index in [1.165, 1.54) is 0 Å². The molecule has 0 spiro atoms. The first kappa shape index (κ1) is 15.0. The van der Waals surface area contributed by atoms with E-state index in [9.17, 15) is 9.59 Å². The van der Waals surface area contributed by atoms with Crippen LogP contribution in [0.3, 0.4) is 0 Å². The number of benzene rings is 1. The number of carbonyl (C=O) groups is 2. The van der Waals surface area contributed by atoms with Crippen molar-refractivity contribution in [2.45, 2.75) is 26.3 Å². The van der Waals surface area contributed by atoms with Gasteiger partial charge in [-0.05, 0) is 32.9 Å². The summed E-state index contributed by atoms with van der Waals surface area (Å²) in [5.74, 6) is -0.409. The molecule has 0 aliphatic carbocycles. The van der Waals surface area contributed by atoms with Crippen molar-refractivity contribution in [1.82, 2.24) is 10.6 Å². The average Bonchev–Trinajstić information content (AvgIpc) is 2.33. The fraction of sp³-hybridized carbons (Fsp3) is 0.429. The Morgan fingerprint density at radius 1 is 1.00 bits per heavy atom. The van der Waals surface area contributed by atoms with E-state index in [4.69, 9.17) is 0 Å². The Hall–Kier alpha value is -2.04. The molecule has 1 aromatic rings. The second-order valence-corrected chi connectivity index (χ2v) is 5.29. The lowest BCUT2D eigenvalue weighted by molar-refractivity contribution is -0.126. The first-order valence-corrected chi connectivity index (χ1v) is 6.23. The molecule has 0 atom stereocenters. The number of hydrogen-bond acceptors (Lipinski definition) is 3. The highest BCUT2D eigenvalue weighted by molar-refractivity contribution is 5.86. The number of para-hydroxylation sites is 1. The van der Waals surface area contributed by atoms with Crippen molar-refractivity contribution in [2.24, 2.45) is 0 Å². The van der Waals surface area contributed by atoms with Crippen LogP contribution >= 0.6 is 0 Å². The molecular weight excluding hydrogens is 242 g/mol. The van der Waals surface area contributed by atoms with Gasteiger partial charge in [0, 0.05) is 11.2 Å². The Kier molecular flexibility index (Phi) is 5.36. The molecule has 0 saturated carbocycles. The molecule has 3 N–H and O–H groups in total. The molecular formula is C14H21N3O2. The first-order valence-electron chi connectivity index (χ1n) is 6.23. The predicted octanol–water partition coefficient (Wildman–Crippen LogP) is 1.13. The predicted molar refractivity (Wildman–Crippen MR) is 75.8 cm³/mol. The van der Waals surface area contributed by atoms with E-state index >= 15 is 0 Å². The number of rotatable bonds is 5. The molecule has 19 heavy (non-hydrogen) atoms. The monoisotopic (exact) mass is 263 g/mol. The number of hydrogen-bond donors (Lipinski definition) is 3. The third kappa shape index (κ3) is 7.08. The van der Waals surface area contributed by atoms with Crippen molar-refractivity contribution in [1.29, 1.82) is 0 Å². The largest absolute Gasteiger partial charge is 0.376 e. The van der Waals surface area contributed by atoms with Gasteiger partial charge >= 0.3 is 0 Å². The van der Waals surface area contributed by atoms with Crippen LogP contribution in [0.2, 0.25) is 0 Å². The fourth-order valence-electron chi connectivity index (χ4n) is 1.44. The zero-order valence-electron chi connectivity index (χ0n) is 11.6. The molecule has 0 aliphatic rings. The number of carbonyl (C=O) groups excluding carboxylic acids is 2. The van der Waals surface area contributed by atoms with Crippen LogP contribution in [0.4, 0.5) is 5.69 Å². The maximum atomic E-state index is 11.5. The molecule has 0 heterocycles. The Balaban J connectivity index is 2.23. The highest BCUT2D eigenvalue weighted by Gasteiger charge is 2.13. The molecule has 0 fully saturated rings. The van der Waals surface area contributed by atoms with Gasteiger partial charge in [-0.15, -0.1) is 0 Å². The molecule has 0 aliphatic heterocycles. The third-order valence-electron chi connectivity index (χ3n) is 2.19. The molecule has 0 aromatic heterocycles. The van der Waals surface area contributed by atoms with Crippen LogP contribution in [-0.4, -0.2) is 30.4 Å². The standard InChI is InChI=1S/C14H21N3O2/c1-14(2,3)17-13(19)10-16-12(18)9-15-11-7-5-4-6-8-11/h4-8,15H,9-10H2,1-3H3,(H,16,18)(H,17,19). The Labute approximate surface area is 113 Å². The topological polar surface area (TPSA) is 70.2 Å². The molecule has 5 nitrogen and oxygen atoms in total. The van der Waals surface area contributed by atoms with Crippen molar-refractivity contribution in [2.75, 3.05) is 18.4 Å². The van der Waals surface area contributed by atoms with Crippen molar-refractivity contribution >= 4 is 17.5 Å². The van der Waals surface area contributed by atoms with E-state index in [2.05, 4.69) is 16.0 Å². The zero-order chi connectivity index (χ0) is 14.3. The smallest absolute Gasteiger partial charge is 0.239 e. The van der Waals surface area contributed by atoms with Crippen molar-refractivity contribution < 1.29 is 9.59 Å².